The molecule has 31 heavy (non-hydrogen) atoms. The van der Waals surface area contributed by atoms with Gasteiger partial charge < -0.3 is 11.1 Å². The molecular weight excluding hydrogens is 401 g/mol. The molecule has 1 atom stereocenters. The molecule has 4 rings (SSSR count). The summed E-state index contributed by atoms with van der Waals surface area (Å²) >= 11 is 0. The quantitative estimate of drug-likeness (QED) is 0.602. The lowest BCUT2D eigenvalue weighted by molar-refractivity contribution is -0.119. The molecule has 0 spiro atoms. The van der Waals surface area contributed by atoms with E-state index >= 15 is 0 Å². The average molecular weight is 421 g/mol. The van der Waals surface area contributed by atoms with E-state index in [-0.39, 0.29) is 12.1 Å². The first kappa shape index (κ1) is 20.2. The molecule has 158 valence electrons. The van der Waals surface area contributed by atoms with Crippen LogP contribution in [0.4, 0.5) is 15.9 Å². The molecule has 0 aliphatic carbocycles. The van der Waals surface area contributed by atoms with E-state index in [1.807, 2.05) is 12.1 Å². The maximum absolute atomic E-state index is 13.2. The maximum Gasteiger partial charge on any atom is 0.273 e. The lowest BCUT2D eigenvalue weighted by atomic mass is 10.1. The van der Waals surface area contributed by atoms with Gasteiger partial charge in [0.15, 0.2) is 5.82 Å². The van der Waals surface area contributed by atoms with Crippen molar-refractivity contribution >= 4 is 29.0 Å². The Balaban J connectivity index is 1.42. The van der Waals surface area contributed by atoms with E-state index in [1.165, 1.54) is 29.3 Å². The second-order valence-corrected chi connectivity index (χ2v) is 7.01. The van der Waals surface area contributed by atoms with Crippen LogP contribution in [0.15, 0.2) is 66.2 Å². The highest BCUT2D eigenvalue weighted by molar-refractivity contribution is 6.44. The number of nitrogens with one attached hydrogen (secondary N) is 1. The van der Waals surface area contributed by atoms with Crippen molar-refractivity contribution < 1.29 is 14.0 Å². The number of primary amides is 1. The number of hydrogen-bond donors (Lipinski definition) is 2. The van der Waals surface area contributed by atoms with E-state index < -0.39 is 23.7 Å². The van der Waals surface area contributed by atoms with Crippen molar-refractivity contribution in [2.75, 3.05) is 10.3 Å². The molecule has 1 unspecified atom stereocenters. The molecule has 1 aliphatic heterocycles. The number of pyridine rings is 1. The highest BCUT2D eigenvalue weighted by Crippen LogP contribution is 2.25. The zero-order valence-corrected chi connectivity index (χ0v) is 16.5. The third-order valence-corrected chi connectivity index (χ3v) is 4.85. The van der Waals surface area contributed by atoms with Gasteiger partial charge in [-0.25, -0.2) is 4.39 Å². The van der Waals surface area contributed by atoms with Gasteiger partial charge in [0, 0.05) is 37.6 Å². The van der Waals surface area contributed by atoms with Gasteiger partial charge in [0.2, 0.25) is 5.91 Å². The van der Waals surface area contributed by atoms with E-state index in [0.29, 0.717) is 18.1 Å². The van der Waals surface area contributed by atoms with Crippen molar-refractivity contribution in [1.82, 2.24) is 14.8 Å². The lowest BCUT2D eigenvalue weighted by Crippen LogP contribution is -2.39. The topological polar surface area (TPSA) is 118 Å². The van der Waals surface area contributed by atoms with E-state index in [4.69, 9.17) is 5.73 Å². The first-order valence-electron chi connectivity index (χ1n) is 9.65. The molecule has 1 aliphatic rings. The molecule has 2 amide bonds. The van der Waals surface area contributed by atoms with E-state index in [1.54, 1.807) is 29.3 Å². The van der Waals surface area contributed by atoms with Crippen molar-refractivity contribution in [1.29, 1.82) is 0 Å². The zero-order valence-electron chi connectivity index (χ0n) is 16.5. The smallest absolute Gasteiger partial charge is 0.273 e. The molecule has 0 saturated carbocycles. The van der Waals surface area contributed by atoms with E-state index in [2.05, 4.69) is 20.5 Å². The van der Waals surface area contributed by atoms with Crippen molar-refractivity contribution in [3.05, 3.63) is 72.4 Å². The summed E-state index contributed by atoms with van der Waals surface area (Å²) in [5.41, 5.74) is 7.21. The number of halogens is 1. The van der Waals surface area contributed by atoms with Gasteiger partial charge in [-0.2, -0.15) is 10.2 Å². The van der Waals surface area contributed by atoms with Crippen LogP contribution in [-0.2, 0) is 22.6 Å². The fraction of sp³-hybridized carbons (Fsp3) is 0.190. The molecule has 10 heteroatoms. The number of nitrogens with zero attached hydrogens (tertiary/aromatic N) is 5. The van der Waals surface area contributed by atoms with Crippen molar-refractivity contribution in [2.45, 2.75) is 25.4 Å². The normalized spacial score (nSPS) is 15.6. The summed E-state index contributed by atoms with van der Waals surface area (Å²) in [5.74, 6) is -1.15. The minimum Gasteiger partial charge on any atom is -0.368 e. The molecule has 3 heterocycles. The van der Waals surface area contributed by atoms with Crippen molar-refractivity contribution in [3.8, 4) is 0 Å². The summed E-state index contributed by atoms with van der Waals surface area (Å²) in [5, 5.41) is 12.6. The van der Waals surface area contributed by atoms with Crippen LogP contribution in [-0.4, -0.2) is 38.3 Å². The van der Waals surface area contributed by atoms with Crippen LogP contribution in [0, 0.1) is 5.82 Å². The fourth-order valence-corrected chi connectivity index (χ4v) is 3.24. The summed E-state index contributed by atoms with van der Waals surface area (Å²) in [6, 6.07) is 10.2. The predicted octanol–water partition coefficient (Wildman–Crippen LogP) is 1.72. The van der Waals surface area contributed by atoms with Gasteiger partial charge in [0.25, 0.3) is 5.91 Å². The van der Waals surface area contributed by atoms with Gasteiger partial charge >= 0.3 is 0 Å². The molecular formula is C21H20FN7O2. The summed E-state index contributed by atoms with van der Waals surface area (Å²) in [7, 11) is 0. The zero-order chi connectivity index (χ0) is 21.8. The molecule has 0 radical (unpaired) electrons. The molecule has 3 aromatic rings. The first-order valence-corrected chi connectivity index (χ1v) is 9.65. The number of carbonyl (C=O) groups is 2. The Morgan fingerprint density at radius 2 is 1.87 bits per heavy atom. The molecule has 2 aromatic heterocycles. The minimum absolute atomic E-state index is 0.0430. The summed E-state index contributed by atoms with van der Waals surface area (Å²) < 4.78 is 14.9. The Bertz CT molecular complexity index is 1110. The summed E-state index contributed by atoms with van der Waals surface area (Å²) in [6.07, 6.45) is 6.06. The second kappa shape index (κ2) is 8.74. The molecule has 0 bridgehead atoms. The van der Waals surface area contributed by atoms with Crippen LogP contribution in [0.25, 0.3) is 0 Å². The molecule has 0 fully saturated rings. The molecule has 9 nitrogen and oxygen atoms in total. The van der Waals surface area contributed by atoms with Gasteiger partial charge in [-0.15, -0.1) is 0 Å². The number of hydrogen-bond acceptors (Lipinski definition) is 6. The van der Waals surface area contributed by atoms with Gasteiger partial charge in [0.05, 0.1) is 5.69 Å². The Labute approximate surface area is 177 Å². The average Bonchev–Trinajstić information content (AvgIpc) is 3.41. The number of benzene rings is 1. The standard InChI is InChI=1S/C21H20FN7O2/c22-15-1-3-16(4-2-15)29-18(20(23)30)13-17(26-29)21(31)25-19-8-12-28(27-19)11-7-14-5-9-24-10-6-14/h1-6,8-10,12,18H,7,11,13H2,(H2,23,30)(H,25,27,31). The van der Waals surface area contributed by atoms with Gasteiger partial charge in [-0.3, -0.25) is 24.3 Å². The highest BCUT2D eigenvalue weighted by Gasteiger charge is 2.35. The fourth-order valence-electron chi connectivity index (χ4n) is 3.24. The molecule has 3 N–H and O–H groups in total. The van der Waals surface area contributed by atoms with Gasteiger partial charge in [-0.05, 0) is 48.4 Å². The highest BCUT2D eigenvalue weighted by atomic mass is 19.1. The van der Waals surface area contributed by atoms with Crippen molar-refractivity contribution in [3.63, 3.8) is 0 Å². The van der Waals surface area contributed by atoms with Gasteiger partial charge in [0.1, 0.15) is 17.6 Å². The minimum atomic E-state index is -0.830. The summed E-state index contributed by atoms with van der Waals surface area (Å²) in [4.78, 5) is 28.5. The SMILES string of the molecule is NC(=O)C1CC(C(=O)Nc2ccn(CCc3ccncc3)n2)=NN1c1ccc(F)cc1. The third kappa shape index (κ3) is 4.74. The Hall–Kier alpha value is -4.08. The number of anilines is 2. The van der Waals surface area contributed by atoms with Gasteiger partial charge in [-0.1, -0.05) is 0 Å². The number of carbonyl (C=O) groups excluding carboxylic acids is 2. The van der Waals surface area contributed by atoms with Crippen LogP contribution < -0.4 is 16.1 Å². The van der Waals surface area contributed by atoms with Crippen LogP contribution in [0.5, 0.6) is 0 Å². The number of nitrogens with two attached hydrogens (primary N) is 1. The maximum atomic E-state index is 13.2. The summed E-state index contributed by atoms with van der Waals surface area (Å²) in [6.45, 7) is 0.642. The third-order valence-electron chi connectivity index (χ3n) is 4.85. The Morgan fingerprint density at radius 1 is 1.13 bits per heavy atom. The molecule has 1 aromatic carbocycles. The number of hydrazone groups is 1. The number of aryl methyl sites for hydroxylation is 2. The first-order chi connectivity index (χ1) is 15.0. The number of rotatable bonds is 7. The number of aromatic nitrogens is 3. The Kier molecular flexibility index (Phi) is 5.69. The van der Waals surface area contributed by atoms with Crippen LogP contribution in [0.1, 0.15) is 12.0 Å². The van der Waals surface area contributed by atoms with E-state index in [0.717, 1.165) is 12.0 Å². The predicted molar refractivity (Wildman–Crippen MR) is 113 cm³/mol. The Morgan fingerprint density at radius 3 is 2.58 bits per heavy atom. The van der Waals surface area contributed by atoms with Crippen LogP contribution in [0.2, 0.25) is 0 Å². The lowest BCUT2D eigenvalue weighted by Gasteiger charge is -2.20. The van der Waals surface area contributed by atoms with Crippen molar-refractivity contribution in [2.24, 2.45) is 10.8 Å². The second-order valence-electron chi connectivity index (χ2n) is 7.01. The van der Waals surface area contributed by atoms with E-state index in [9.17, 15) is 14.0 Å². The largest absolute Gasteiger partial charge is 0.368 e. The van der Waals surface area contributed by atoms with Crippen LogP contribution >= 0.6 is 0 Å². The molecule has 0 saturated heterocycles. The van der Waals surface area contributed by atoms with Crippen LogP contribution in [0.3, 0.4) is 0 Å². The number of amides is 2. The monoisotopic (exact) mass is 421 g/mol.